The van der Waals surface area contributed by atoms with Gasteiger partial charge in [0.25, 0.3) is 5.91 Å². The average molecular weight is 391 g/mol. The molecule has 6 rings (SSSR count). The maximum absolute atomic E-state index is 12.6. The fourth-order valence-electron chi connectivity index (χ4n) is 4.62. The summed E-state index contributed by atoms with van der Waals surface area (Å²) in [5, 5.41) is 16.4. The van der Waals surface area contributed by atoms with Gasteiger partial charge in [0.05, 0.1) is 10.9 Å². The van der Waals surface area contributed by atoms with E-state index in [1.54, 1.807) is 42.7 Å². The lowest BCUT2D eigenvalue weighted by molar-refractivity contribution is -0.178. The first-order chi connectivity index (χ1) is 14.0. The van der Waals surface area contributed by atoms with Crippen LogP contribution in [-0.2, 0) is 11.2 Å². The van der Waals surface area contributed by atoms with Crippen LogP contribution in [0.15, 0.2) is 42.7 Å². The summed E-state index contributed by atoms with van der Waals surface area (Å²) in [5.74, 6) is 0.846. The second-order valence-corrected chi connectivity index (χ2v) is 8.16. The molecular formula is C21H21N5O3. The van der Waals surface area contributed by atoms with Crippen LogP contribution >= 0.6 is 0 Å². The number of carbonyl (C=O) groups is 2. The van der Waals surface area contributed by atoms with Gasteiger partial charge in [-0.05, 0) is 43.5 Å². The van der Waals surface area contributed by atoms with Crippen LogP contribution in [0.3, 0.4) is 0 Å². The number of hydrogen-bond donors (Lipinski definition) is 4. The number of phenols is 1. The van der Waals surface area contributed by atoms with Gasteiger partial charge in [-0.15, -0.1) is 0 Å². The summed E-state index contributed by atoms with van der Waals surface area (Å²) in [5.41, 5.74) is 0.358. The van der Waals surface area contributed by atoms with Crippen molar-refractivity contribution in [1.29, 1.82) is 0 Å². The summed E-state index contributed by atoms with van der Waals surface area (Å²) in [6, 6.07) is 8.27. The van der Waals surface area contributed by atoms with Crippen molar-refractivity contribution in [3.63, 3.8) is 0 Å². The Labute approximate surface area is 166 Å². The molecule has 2 amide bonds. The fourth-order valence-corrected chi connectivity index (χ4v) is 4.62. The van der Waals surface area contributed by atoms with E-state index < -0.39 is 0 Å². The van der Waals surface area contributed by atoms with Gasteiger partial charge in [0.1, 0.15) is 17.3 Å². The van der Waals surface area contributed by atoms with Crippen molar-refractivity contribution in [2.75, 3.05) is 6.54 Å². The lowest BCUT2D eigenvalue weighted by Crippen LogP contribution is -2.78. The molecule has 3 saturated carbocycles. The van der Waals surface area contributed by atoms with Crippen LogP contribution in [0.1, 0.15) is 35.6 Å². The number of rotatable bonds is 6. The number of carbonyl (C=O) groups excluding carboxylic acids is 2. The molecule has 148 valence electrons. The van der Waals surface area contributed by atoms with E-state index in [0.29, 0.717) is 43.4 Å². The first-order valence-corrected chi connectivity index (χ1v) is 9.66. The highest BCUT2D eigenvalue weighted by atomic mass is 16.3. The predicted octanol–water partition coefficient (Wildman–Crippen LogP) is 1.67. The number of aromatic hydroxyl groups is 1. The molecule has 3 fully saturated rings. The Morgan fingerprint density at radius 1 is 1.17 bits per heavy atom. The first-order valence-electron chi connectivity index (χ1n) is 9.66. The number of aromatic amines is 1. The van der Waals surface area contributed by atoms with Crippen LogP contribution in [0, 0.1) is 5.41 Å². The molecule has 29 heavy (non-hydrogen) atoms. The predicted molar refractivity (Wildman–Crippen MR) is 105 cm³/mol. The van der Waals surface area contributed by atoms with E-state index in [-0.39, 0.29) is 28.5 Å². The van der Waals surface area contributed by atoms with Crippen LogP contribution in [0.2, 0.25) is 0 Å². The third kappa shape index (κ3) is 3.00. The number of phenolic OH excluding ortho intramolecular Hbond substituents is 1. The van der Waals surface area contributed by atoms with Gasteiger partial charge in [-0.1, -0.05) is 6.07 Å². The number of imidazole rings is 1. The van der Waals surface area contributed by atoms with E-state index in [1.807, 2.05) is 0 Å². The number of benzene rings is 1. The summed E-state index contributed by atoms with van der Waals surface area (Å²) >= 11 is 0. The van der Waals surface area contributed by atoms with Gasteiger partial charge < -0.3 is 20.7 Å². The van der Waals surface area contributed by atoms with Gasteiger partial charge in [0, 0.05) is 36.3 Å². The number of amides is 2. The Hall–Kier alpha value is -3.42. The normalized spacial score (nSPS) is 24.4. The molecule has 0 spiro atoms. The van der Waals surface area contributed by atoms with Gasteiger partial charge >= 0.3 is 0 Å². The molecule has 1 aromatic carbocycles. The molecule has 0 saturated heterocycles. The smallest absolute Gasteiger partial charge is 0.270 e. The van der Waals surface area contributed by atoms with E-state index in [9.17, 15) is 14.7 Å². The minimum absolute atomic E-state index is 0.0591. The molecule has 2 bridgehead atoms. The minimum Gasteiger partial charge on any atom is -0.508 e. The zero-order valence-corrected chi connectivity index (χ0v) is 15.7. The Morgan fingerprint density at radius 3 is 2.76 bits per heavy atom. The molecule has 3 aliphatic rings. The Morgan fingerprint density at radius 2 is 2.00 bits per heavy atom. The Bertz CT molecular complexity index is 1090. The van der Waals surface area contributed by atoms with Crippen LogP contribution in [0.25, 0.3) is 10.9 Å². The molecule has 0 aliphatic heterocycles. The molecule has 2 heterocycles. The van der Waals surface area contributed by atoms with Crippen molar-refractivity contribution in [2.24, 2.45) is 5.41 Å². The molecule has 4 N–H and O–H groups in total. The maximum atomic E-state index is 12.6. The number of pyridine rings is 1. The SMILES string of the molecule is O=C(NC12CC(C(=O)NCCc3ncc[nH]3)(C1)C2)c1ccc2cc(O)ccc2n1. The molecule has 3 aliphatic carbocycles. The van der Waals surface area contributed by atoms with Gasteiger partial charge in [-0.25, -0.2) is 9.97 Å². The van der Waals surface area contributed by atoms with Gasteiger partial charge in [0.15, 0.2) is 0 Å². The summed E-state index contributed by atoms with van der Waals surface area (Å²) in [6.45, 7) is 0.546. The van der Waals surface area contributed by atoms with E-state index in [4.69, 9.17) is 0 Å². The van der Waals surface area contributed by atoms with Crippen molar-refractivity contribution >= 4 is 22.7 Å². The van der Waals surface area contributed by atoms with E-state index in [1.165, 1.54) is 0 Å². The quantitative estimate of drug-likeness (QED) is 0.510. The molecule has 0 unspecified atom stereocenters. The second-order valence-electron chi connectivity index (χ2n) is 8.16. The van der Waals surface area contributed by atoms with E-state index in [2.05, 4.69) is 25.6 Å². The number of nitrogens with zero attached hydrogens (tertiary/aromatic N) is 2. The van der Waals surface area contributed by atoms with Crippen molar-refractivity contribution < 1.29 is 14.7 Å². The monoisotopic (exact) mass is 391 g/mol. The number of aromatic nitrogens is 3. The van der Waals surface area contributed by atoms with Gasteiger partial charge in [0.2, 0.25) is 5.91 Å². The summed E-state index contributed by atoms with van der Waals surface area (Å²) in [7, 11) is 0. The van der Waals surface area contributed by atoms with Crippen molar-refractivity contribution in [3.05, 3.63) is 54.2 Å². The number of nitrogens with one attached hydrogen (secondary N) is 3. The van der Waals surface area contributed by atoms with Crippen molar-refractivity contribution in [2.45, 2.75) is 31.2 Å². The minimum atomic E-state index is -0.342. The van der Waals surface area contributed by atoms with E-state index in [0.717, 1.165) is 11.2 Å². The largest absolute Gasteiger partial charge is 0.508 e. The fraction of sp³-hybridized carbons (Fsp3) is 0.333. The lowest BCUT2D eigenvalue weighted by atomic mass is 9.39. The third-order valence-electron chi connectivity index (χ3n) is 6.00. The highest BCUT2D eigenvalue weighted by Gasteiger charge is 2.72. The number of H-pyrrole nitrogens is 1. The highest BCUT2D eigenvalue weighted by Crippen LogP contribution is 2.67. The summed E-state index contributed by atoms with van der Waals surface area (Å²) < 4.78 is 0. The van der Waals surface area contributed by atoms with Crippen LogP contribution < -0.4 is 10.6 Å². The maximum Gasteiger partial charge on any atom is 0.270 e. The summed E-state index contributed by atoms with van der Waals surface area (Å²) in [6.07, 6.45) is 6.12. The molecule has 3 aromatic rings. The van der Waals surface area contributed by atoms with Crippen molar-refractivity contribution in [1.82, 2.24) is 25.6 Å². The first kappa shape index (κ1) is 17.7. The topological polar surface area (TPSA) is 120 Å². The van der Waals surface area contributed by atoms with Crippen LogP contribution in [-0.4, -0.2) is 44.0 Å². The molecule has 8 nitrogen and oxygen atoms in total. The zero-order chi connectivity index (χ0) is 20.1. The average Bonchev–Trinajstić information content (AvgIpc) is 3.16. The summed E-state index contributed by atoms with van der Waals surface area (Å²) in [4.78, 5) is 36.7. The number of hydrogen-bond acceptors (Lipinski definition) is 5. The third-order valence-corrected chi connectivity index (χ3v) is 6.00. The number of fused-ring (bicyclic) bond motifs is 1. The molecule has 0 atom stereocenters. The van der Waals surface area contributed by atoms with E-state index >= 15 is 0 Å². The molecule has 8 heteroatoms. The van der Waals surface area contributed by atoms with Crippen LogP contribution in [0.4, 0.5) is 0 Å². The molecule has 2 aromatic heterocycles. The Balaban J connectivity index is 1.16. The molecular weight excluding hydrogens is 370 g/mol. The zero-order valence-electron chi connectivity index (χ0n) is 15.7. The van der Waals surface area contributed by atoms with Gasteiger partial charge in [-0.3, -0.25) is 9.59 Å². The standard InChI is InChI=1S/C21H21N5O3/c27-14-2-4-15-13(9-14)1-3-16(25-15)18(28)26-21-10-20(11-21,12-21)19(29)24-6-5-17-22-7-8-23-17/h1-4,7-9,27H,5-6,10-12H2,(H,22,23)(H,24,29)(H,26,28). The Kier molecular flexibility index (Phi) is 3.84. The van der Waals surface area contributed by atoms with Gasteiger partial charge in [-0.2, -0.15) is 0 Å². The lowest BCUT2D eigenvalue weighted by Gasteiger charge is -2.69. The molecule has 0 radical (unpaired) electrons. The second kappa shape index (κ2) is 6.30. The van der Waals surface area contributed by atoms with Crippen molar-refractivity contribution in [3.8, 4) is 5.75 Å². The highest BCUT2D eigenvalue weighted by molar-refractivity contribution is 5.97. The van der Waals surface area contributed by atoms with Crippen LogP contribution in [0.5, 0.6) is 5.75 Å².